The number of nitrogens with zero attached hydrogens (tertiary/aromatic N) is 1. The van der Waals surface area contributed by atoms with Crippen LogP contribution in [0.2, 0.25) is 0 Å². The average molecular weight is 412 g/mol. The van der Waals surface area contributed by atoms with Gasteiger partial charge < -0.3 is 20.3 Å². The van der Waals surface area contributed by atoms with E-state index in [1.807, 2.05) is 11.9 Å². The maximum absolute atomic E-state index is 12.6. The van der Waals surface area contributed by atoms with Crippen molar-refractivity contribution in [1.29, 1.82) is 0 Å². The van der Waals surface area contributed by atoms with Crippen LogP contribution in [0.25, 0.3) is 0 Å². The molecule has 2 rings (SSSR count). The standard InChI is InChI=1S/C19H29N3O5S/c1-12(20-18(24)27-19(2,3)4)17(23)21-14-8-7-9-15(28(6,25)26)16(14)22(5)13-10-11-13/h7-9,12-13H,10-11H2,1-6H3,(H,20,24)(H,21,23). The number of anilines is 2. The van der Waals surface area contributed by atoms with Crippen molar-refractivity contribution in [3.05, 3.63) is 18.2 Å². The molecule has 0 spiro atoms. The first-order valence-electron chi connectivity index (χ1n) is 9.16. The van der Waals surface area contributed by atoms with Gasteiger partial charge in [0.25, 0.3) is 0 Å². The van der Waals surface area contributed by atoms with Crippen LogP contribution in [0, 0.1) is 0 Å². The van der Waals surface area contributed by atoms with Gasteiger partial charge >= 0.3 is 6.09 Å². The largest absolute Gasteiger partial charge is 0.444 e. The fourth-order valence-electron chi connectivity index (χ4n) is 2.72. The van der Waals surface area contributed by atoms with Crippen molar-refractivity contribution in [1.82, 2.24) is 5.32 Å². The summed E-state index contributed by atoms with van der Waals surface area (Å²) >= 11 is 0. The molecule has 156 valence electrons. The van der Waals surface area contributed by atoms with E-state index in [1.165, 1.54) is 13.0 Å². The summed E-state index contributed by atoms with van der Waals surface area (Å²) in [5.74, 6) is -0.470. The summed E-state index contributed by atoms with van der Waals surface area (Å²) in [7, 11) is -1.67. The summed E-state index contributed by atoms with van der Waals surface area (Å²) in [6.07, 6.45) is 2.39. The van der Waals surface area contributed by atoms with Gasteiger partial charge in [0.05, 0.1) is 16.3 Å². The Kier molecular flexibility index (Phi) is 6.27. The lowest BCUT2D eigenvalue weighted by atomic mass is 10.2. The monoisotopic (exact) mass is 411 g/mol. The third-order valence-electron chi connectivity index (χ3n) is 4.23. The van der Waals surface area contributed by atoms with Gasteiger partial charge in [0.15, 0.2) is 9.84 Å². The van der Waals surface area contributed by atoms with Crippen LogP contribution < -0.4 is 15.5 Å². The fourth-order valence-corrected chi connectivity index (χ4v) is 3.65. The molecule has 2 amide bonds. The van der Waals surface area contributed by atoms with E-state index in [0.29, 0.717) is 11.4 Å². The van der Waals surface area contributed by atoms with Gasteiger partial charge in [0, 0.05) is 19.3 Å². The van der Waals surface area contributed by atoms with Crippen LogP contribution in [0.1, 0.15) is 40.5 Å². The number of hydrogen-bond donors (Lipinski definition) is 2. The third kappa shape index (κ3) is 5.85. The Labute approximate surface area is 166 Å². The lowest BCUT2D eigenvalue weighted by Gasteiger charge is -2.26. The van der Waals surface area contributed by atoms with E-state index in [-0.39, 0.29) is 10.9 Å². The van der Waals surface area contributed by atoms with Gasteiger partial charge in [-0.2, -0.15) is 0 Å². The van der Waals surface area contributed by atoms with Crippen molar-refractivity contribution < 1.29 is 22.7 Å². The number of nitrogens with one attached hydrogen (secondary N) is 2. The Hall–Kier alpha value is -2.29. The zero-order valence-electron chi connectivity index (χ0n) is 17.2. The predicted octanol–water partition coefficient (Wildman–Crippen LogP) is 2.54. The van der Waals surface area contributed by atoms with Crippen LogP contribution in [0.5, 0.6) is 0 Å². The van der Waals surface area contributed by atoms with Gasteiger partial charge in [-0.3, -0.25) is 4.79 Å². The number of sulfone groups is 1. The molecule has 1 unspecified atom stereocenters. The number of carbonyl (C=O) groups excluding carboxylic acids is 2. The molecule has 1 fully saturated rings. The van der Waals surface area contributed by atoms with Crippen molar-refractivity contribution in [3.8, 4) is 0 Å². The number of amides is 2. The highest BCUT2D eigenvalue weighted by Gasteiger charge is 2.32. The molecular weight excluding hydrogens is 382 g/mol. The highest BCUT2D eigenvalue weighted by atomic mass is 32.2. The van der Waals surface area contributed by atoms with Crippen LogP contribution in [0.3, 0.4) is 0 Å². The molecule has 1 saturated carbocycles. The van der Waals surface area contributed by atoms with Gasteiger partial charge in [-0.05, 0) is 52.7 Å². The first-order chi connectivity index (χ1) is 12.8. The summed E-state index contributed by atoms with van der Waals surface area (Å²) in [5, 5.41) is 5.22. The van der Waals surface area contributed by atoms with Gasteiger partial charge in [-0.25, -0.2) is 13.2 Å². The maximum Gasteiger partial charge on any atom is 0.408 e. The van der Waals surface area contributed by atoms with Gasteiger partial charge in [0.2, 0.25) is 5.91 Å². The number of benzene rings is 1. The Bertz CT molecular complexity index is 857. The van der Waals surface area contributed by atoms with E-state index in [1.54, 1.807) is 32.9 Å². The second-order valence-corrected chi connectivity index (χ2v) is 10.1. The zero-order chi connectivity index (χ0) is 21.3. The van der Waals surface area contributed by atoms with Crippen molar-refractivity contribution in [2.24, 2.45) is 0 Å². The maximum atomic E-state index is 12.6. The van der Waals surface area contributed by atoms with Crippen LogP contribution >= 0.6 is 0 Å². The molecule has 28 heavy (non-hydrogen) atoms. The number of carbonyl (C=O) groups is 2. The zero-order valence-corrected chi connectivity index (χ0v) is 18.0. The Morgan fingerprint density at radius 3 is 2.36 bits per heavy atom. The predicted molar refractivity (Wildman–Crippen MR) is 108 cm³/mol. The van der Waals surface area contributed by atoms with Gasteiger partial charge in [0.1, 0.15) is 11.6 Å². The minimum atomic E-state index is -3.48. The number of rotatable bonds is 6. The number of ether oxygens (including phenoxy) is 1. The molecule has 0 heterocycles. The summed E-state index contributed by atoms with van der Waals surface area (Å²) < 4.78 is 29.6. The highest BCUT2D eigenvalue weighted by Crippen LogP contribution is 2.39. The Morgan fingerprint density at radius 2 is 1.86 bits per heavy atom. The van der Waals surface area contributed by atoms with Crippen molar-refractivity contribution in [3.63, 3.8) is 0 Å². The molecule has 0 radical (unpaired) electrons. The van der Waals surface area contributed by atoms with E-state index in [0.717, 1.165) is 19.1 Å². The van der Waals surface area contributed by atoms with E-state index >= 15 is 0 Å². The molecule has 8 nitrogen and oxygen atoms in total. The van der Waals surface area contributed by atoms with Crippen molar-refractivity contribution in [2.75, 3.05) is 23.5 Å². The molecular formula is C19H29N3O5S. The fraction of sp³-hybridized carbons (Fsp3) is 0.579. The minimum absolute atomic E-state index is 0.160. The summed E-state index contributed by atoms with van der Waals surface area (Å²) in [4.78, 5) is 26.5. The number of para-hydroxylation sites is 1. The van der Waals surface area contributed by atoms with E-state index in [4.69, 9.17) is 4.74 Å². The Morgan fingerprint density at radius 1 is 1.25 bits per heavy atom. The van der Waals surface area contributed by atoms with Crippen LogP contribution in [0.15, 0.2) is 23.1 Å². The van der Waals surface area contributed by atoms with E-state index in [9.17, 15) is 18.0 Å². The molecule has 0 aliphatic heterocycles. The summed E-state index contributed by atoms with van der Waals surface area (Å²) in [6, 6.07) is 4.15. The normalized spacial score (nSPS) is 15.5. The SMILES string of the molecule is CC(NC(=O)OC(C)(C)C)C(=O)Nc1cccc(S(C)(=O)=O)c1N(C)C1CC1. The first-order valence-corrected chi connectivity index (χ1v) is 11.0. The molecule has 0 aromatic heterocycles. The van der Waals surface area contributed by atoms with E-state index in [2.05, 4.69) is 10.6 Å². The second-order valence-electron chi connectivity index (χ2n) is 8.12. The molecule has 1 aromatic carbocycles. The molecule has 0 saturated heterocycles. The Balaban J connectivity index is 2.23. The molecule has 1 aliphatic carbocycles. The lowest BCUT2D eigenvalue weighted by molar-refractivity contribution is -0.117. The minimum Gasteiger partial charge on any atom is -0.444 e. The second kappa shape index (κ2) is 7.98. The number of alkyl carbamates (subject to hydrolysis) is 1. The van der Waals surface area contributed by atoms with Crippen LogP contribution in [0.4, 0.5) is 16.2 Å². The number of hydrogen-bond acceptors (Lipinski definition) is 6. The van der Waals surface area contributed by atoms with Gasteiger partial charge in [-0.1, -0.05) is 6.07 Å². The van der Waals surface area contributed by atoms with Crippen LogP contribution in [-0.4, -0.2) is 51.4 Å². The summed E-state index contributed by atoms with van der Waals surface area (Å²) in [5.41, 5.74) is 0.176. The first kappa shape index (κ1) is 22.0. The molecule has 1 aliphatic rings. The quantitative estimate of drug-likeness (QED) is 0.745. The highest BCUT2D eigenvalue weighted by molar-refractivity contribution is 7.90. The smallest absolute Gasteiger partial charge is 0.408 e. The van der Waals surface area contributed by atoms with E-state index < -0.39 is 33.5 Å². The molecule has 1 atom stereocenters. The molecule has 9 heteroatoms. The van der Waals surface area contributed by atoms with Gasteiger partial charge in [-0.15, -0.1) is 0 Å². The lowest BCUT2D eigenvalue weighted by Crippen LogP contribution is -2.44. The topological polar surface area (TPSA) is 105 Å². The van der Waals surface area contributed by atoms with Crippen molar-refractivity contribution in [2.45, 2.75) is 63.1 Å². The molecule has 1 aromatic rings. The average Bonchev–Trinajstić information content (AvgIpc) is 3.36. The summed E-state index contributed by atoms with van der Waals surface area (Å²) in [6.45, 7) is 6.72. The third-order valence-corrected chi connectivity index (χ3v) is 5.36. The molecule has 0 bridgehead atoms. The van der Waals surface area contributed by atoms with Crippen LogP contribution in [-0.2, 0) is 19.4 Å². The molecule has 2 N–H and O–H groups in total. The van der Waals surface area contributed by atoms with Crippen molar-refractivity contribution >= 4 is 33.2 Å².